The number of benzene rings is 1. The van der Waals surface area contributed by atoms with Crippen LogP contribution < -0.4 is 10.6 Å². The monoisotopic (exact) mass is 543 g/mol. The number of nitrogens with zero attached hydrogens (tertiary/aromatic N) is 3. The number of rotatable bonds is 8. The molecule has 0 spiro atoms. The number of halogens is 1. The molecule has 1 aromatic rings. The first-order valence-electron chi connectivity index (χ1n) is 11.7. The number of nitrogens with one attached hydrogen (secondary N) is 2. The number of guanidine groups is 1. The lowest BCUT2D eigenvalue weighted by atomic mass is 9.80. The van der Waals surface area contributed by atoms with E-state index in [1.165, 1.54) is 43.2 Å². The van der Waals surface area contributed by atoms with Crippen LogP contribution in [-0.4, -0.2) is 74.8 Å². The normalized spacial score (nSPS) is 19.7. The molecular formula is C24H42IN5O. The van der Waals surface area contributed by atoms with Gasteiger partial charge in [-0.05, 0) is 45.0 Å². The van der Waals surface area contributed by atoms with Crippen molar-refractivity contribution in [1.29, 1.82) is 0 Å². The van der Waals surface area contributed by atoms with E-state index < -0.39 is 0 Å². The highest BCUT2D eigenvalue weighted by Crippen LogP contribution is 2.33. The fourth-order valence-electron chi connectivity index (χ4n) is 4.81. The van der Waals surface area contributed by atoms with Gasteiger partial charge in [-0.15, -0.1) is 24.0 Å². The lowest BCUT2D eigenvalue weighted by Crippen LogP contribution is -2.60. The minimum Gasteiger partial charge on any atom is -0.379 e. The Morgan fingerprint density at radius 3 is 2.39 bits per heavy atom. The molecule has 7 heteroatoms. The highest BCUT2D eigenvalue weighted by molar-refractivity contribution is 14.0. The molecule has 0 bridgehead atoms. The summed E-state index contributed by atoms with van der Waals surface area (Å²) in [6.45, 7) is 9.42. The summed E-state index contributed by atoms with van der Waals surface area (Å²) < 4.78 is 5.62. The molecule has 2 fully saturated rings. The molecule has 1 aliphatic heterocycles. The SMILES string of the molecule is CCNC(=NCc1ccccc1CN(C)C)NCC1(N2CCOCC2)CCCCC1.I. The Kier molecular flexibility index (Phi) is 11.6. The van der Waals surface area contributed by atoms with E-state index in [1.807, 2.05) is 0 Å². The van der Waals surface area contributed by atoms with Gasteiger partial charge in [-0.3, -0.25) is 4.90 Å². The average molecular weight is 544 g/mol. The summed E-state index contributed by atoms with van der Waals surface area (Å²) in [5, 5.41) is 7.16. The summed E-state index contributed by atoms with van der Waals surface area (Å²) in [6.07, 6.45) is 6.55. The van der Waals surface area contributed by atoms with Crippen LogP contribution in [0, 0.1) is 0 Å². The van der Waals surface area contributed by atoms with Crippen molar-refractivity contribution < 1.29 is 4.74 Å². The second kappa shape index (κ2) is 13.6. The van der Waals surface area contributed by atoms with E-state index in [4.69, 9.17) is 9.73 Å². The topological polar surface area (TPSA) is 52.1 Å². The first-order valence-corrected chi connectivity index (χ1v) is 11.7. The number of hydrogen-bond donors (Lipinski definition) is 2. The molecule has 2 N–H and O–H groups in total. The summed E-state index contributed by atoms with van der Waals surface area (Å²) in [6, 6.07) is 8.63. The number of ether oxygens (including phenoxy) is 1. The van der Waals surface area contributed by atoms with Crippen molar-refractivity contribution >= 4 is 29.9 Å². The van der Waals surface area contributed by atoms with Crippen LogP contribution in [0.1, 0.15) is 50.2 Å². The van der Waals surface area contributed by atoms with E-state index in [2.05, 4.69) is 65.7 Å². The zero-order valence-corrected chi connectivity index (χ0v) is 22.0. The molecule has 1 saturated carbocycles. The molecule has 0 atom stereocenters. The third kappa shape index (κ3) is 7.87. The first-order chi connectivity index (χ1) is 14.6. The van der Waals surface area contributed by atoms with Gasteiger partial charge in [0.2, 0.25) is 0 Å². The van der Waals surface area contributed by atoms with Gasteiger partial charge in [0.15, 0.2) is 5.96 Å². The minimum absolute atomic E-state index is 0. The van der Waals surface area contributed by atoms with Gasteiger partial charge in [0.25, 0.3) is 0 Å². The van der Waals surface area contributed by atoms with Crippen molar-refractivity contribution in [2.24, 2.45) is 4.99 Å². The third-order valence-corrected chi connectivity index (χ3v) is 6.41. The zero-order valence-electron chi connectivity index (χ0n) is 19.7. The van der Waals surface area contributed by atoms with Crippen LogP contribution in [0.25, 0.3) is 0 Å². The highest BCUT2D eigenvalue weighted by Gasteiger charge is 2.38. The molecule has 31 heavy (non-hydrogen) atoms. The fraction of sp³-hybridized carbons (Fsp3) is 0.708. The lowest BCUT2D eigenvalue weighted by Gasteiger charge is -2.48. The van der Waals surface area contributed by atoms with E-state index in [-0.39, 0.29) is 29.5 Å². The van der Waals surface area contributed by atoms with Gasteiger partial charge in [0.1, 0.15) is 0 Å². The molecule has 3 rings (SSSR count). The summed E-state index contributed by atoms with van der Waals surface area (Å²) >= 11 is 0. The van der Waals surface area contributed by atoms with E-state index >= 15 is 0 Å². The Morgan fingerprint density at radius 2 is 1.74 bits per heavy atom. The van der Waals surface area contributed by atoms with Crippen LogP contribution in [0.2, 0.25) is 0 Å². The van der Waals surface area contributed by atoms with Crippen molar-refractivity contribution in [3.63, 3.8) is 0 Å². The van der Waals surface area contributed by atoms with Crippen molar-refractivity contribution in [1.82, 2.24) is 20.4 Å². The molecule has 1 aromatic carbocycles. The van der Waals surface area contributed by atoms with Gasteiger partial charge in [-0.2, -0.15) is 0 Å². The number of hydrogen-bond acceptors (Lipinski definition) is 4. The third-order valence-electron chi connectivity index (χ3n) is 6.41. The van der Waals surface area contributed by atoms with Crippen LogP contribution in [0.4, 0.5) is 0 Å². The second-order valence-electron chi connectivity index (χ2n) is 8.94. The Hall–Kier alpha value is -0.900. The molecule has 6 nitrogen and oxygen atoms in total. The second-order valence-corrected chi connectivity index (χ2v) is 8.94. The fourth-order valence-corrected chi connectivity index (χ4v) is 4.81. The molecule has 0 amide bonds. The number of aliphatic imine (C=N–C) groups is 1. The maximum Gasteiger partial charge on any atom is 0.191 e. The van der Waals surface area contributed by atoms with Crippen molar-refractivity contribution in [3.05, 3.63) is 35.4 Å². The minimum atomic E-state index is 0. The van der Waals surface area contributed by atoms with E-state index in [0.29, 0.717) is 6.54 Å². The van der Waals surface area contributed by atoms with Gasteiger partial charge in [-0.25, -0.2) is 4.99 Å². The molecular weight excluding hydrogens is 501 g/mol. The Morgan fingerprint density at radius 1 is 1.06 bits per heavy atom. The molecule has 1 heterocycles. The molecule has 0 radical (unpaired) electrons. The maximum atomic E-state index is 5.62. The Balaban J connectivity index is 0.00000341. The molecule has 1 saturated heterocycles. The number of morpholine rings is 1. The van der Waals surface area contributed by atoms with Crippen molar-refractivity contribution in [2.45, 2.75) is 57.7 Å². The highest BCUT2D eigenvalue weighted by atomic mass is 127. The summed E-state index contributed by atoms with van der Waals surface area (Å²) in [7, 11) is 4.22. The van der Waals surface area contributed by atoms with Crippen molar-refractivity contribution in [2.75, 3.05) is 53.5 Å². The predicted molar refractivity (Wildman–Crippen MR) is 140 cm³/mol. The molecule has 0 aromatic heterocycles. The smallest absolute Gasteiger partial charge is 0.191 e. The average Bonchev–Trinajstić information content (AvgIpc) is 2.77. The summed E-state index contributed by atoms with van der Waals surface area (Å²) in [5.41, 5.74) is 2.88. The maximum absolute atomic E-state index is 5.62. The molecule has 176 valence electrons. The van der Waals surface area contributed by atoms with Crippen LogP contribution in [0.5, 0.6) is 0 Å². The van der Waals surface area contributed by atoms with Gasteiger partial charge in [0, 0.05) is 38.3 Å². The standard InChI is InChI=1S/C24H41N5O.HI/c1-4-25-23(26-18-21-10-6-7-11-22(21)19-28(2)3)27-20-24(12-8-5-9-13-24)29-14-16-30-17-15-29;/h6-7,10-11H,4-5,8-9,12-20H2,1-3H3,(H2,25,26,27);1H. The van der Waals surface area contributed by atoms with Crippen LogP contribution >= 0.6 is 24.0 Å². The van der Waals surface area contributed by atoms with Gasteiger partial charge in [-0.1, -0.05) is 43.5 Å². The van der Waals surface area contributed by atoms with Crippen molar-refractivity contribution in [3.8, 4) is 0 Å². The van der Waals surface area contributed by atoms with Gasteiger partial charge >= 0.3 is 0 Å². The largest absolute Gasteiger partial charge is 0.379 e. The van der Waals surface area contributed by atoms with Gasteiger partial charge < -0.3 is 20.3 Å². The lowest BCUT2D eigenvalue weighted by molar-refractivity contribution is -0.0352. The Labute approximate surface area is 206 Å². The molecule has 2 aliphatic rings. The summed E-state index contributed by atoms with van der Waals surface area (Å²) in [4.78, 5) is 9.83. The van der Waals surface area contributed by atoms with Crippen LogP contribution in [0.15, 0.2) is 29.3 Å². The van der Waals surface area contributed by atoms with E-state index in [9.17, 15) is 0 Å². The quantitative estimate of drug-likeness (QED) is 0.299. The Bertz CT molecular complexity index is 670. The molecule has 0 unspecified atom stereocenters. The van der Waals surface area contributed by atoms with Crippen LogP contribution in [0.3, 0.4) is 0 Å². The summed E-state index contributed by atoms with van der Waals surface area (Å²) in [5.74, 6) is 0.926. The molecule has 1 aliphatic carbocycles. The van der Waals surface area contributed by atoms with E-state index in [0.717, 1.165) is 51.9 Å². The van der Waals surface area contributed by atoms with Gasteiger partial charge in [0.05, 0.1) is 19.8 Å². The zero-order chi connectivity index (χ0) is 21.2. The van der Waals surface area contributed by atoms with Crippen LogP contribution in [-0.2, 0) is 17.8 Å². The predicted octanol–water partition coefficient (Wildman–Crippen LogP) is 3.46. The first kappa shape index (κ1) is 26.4. The van der Waals surface area contributed by atoms with E-state index in [1.54, 1.807) is 0 Å².